The van der Waals surface area contributed by atoms with Crippen LogP contribution in [0.2, 0.25) is 0 Å². The summed E-state index contributed by atoms with van der Waals surface area (Å²) in [5.41, 5.74) is -0.704. The van der Waals surface area contributed by atoms with Gasteiger partial charge in [0.05, 0.1) is 16.7 Å². The number of rotatable bonds is 1. The van der Waals surface area contributed by atoms with E-state index in [-0.39, 0.29) is 17.0 Å². The van der Waals surface area contributed by atoms with Gasteiger partial charge in [-0.1, -0.05) is 6.07 Å². The van der Waals surface area contributed by atoms with Crippen LogP contribution in [0.25, 0.3) is 0 Å². The lowest BCUT2D eigenvalue weighted by Crippen LogP contribution is -2.41. The van der Waals surface area contributed by atoms with Crippen LogP contribution in [0.1, 0.15) is 27.7 Å². The second-order valence-corrected chi connectivity index (χ2v) is 5.30. The second-order valence-electron chi connectivity index (χ2n) is 5.30. The Morgan fingerprint density at radius 1 is 0.941 bits per heavy atom. The van der Waals surface area contributed by atoms with Gasteiger partial charge in [0.25, 0.3) is 0 Å². The highest BCUT2D eigenvalue weighted by atomic mass is 16.7. The number of benzene rings is 1. The van der Waals surface area contributed by atoms with Gasteiger partial charge in [-0.3, -0.25) is 0 Å². The number of phenolic OH excluding ortho intramolecular Hbond substituents is 2. The average Bonchev–Trinajstić information content (AvgIpc) is 2.35. The van der Waals surface area contributed by atoms with Gasteiger partial charge in [0.15, 0.2) is 0 Å². The SMILES string of the molecule is CC1(C)OB(c2c(O)cccc2O)OC1(C)C. The Balaban J connectivity index is 2.39. The molecule has 4 nitrogen and oxygen atoms in total. The number of hydrogen-bond donors (Lipinski definition) is 2. The standard InChI is InChI=1S/C12H17BO4/c1-11(2)12(3,4)17-13(16-11)10-8(14)6-5-7-9(10)15/h5-7,14-15H,1-4H3. The molecule has 0 bridgehead atoms. The zero-order valence-electron chi connectivity index (χ0n) is 10.5. The summed E-state index contributed by atoms with van der Waals surface area (Å²) in [6.07, 6.45) is 0. The lowest BCUT2D eigenvalue weighted by molar-refractivity contribution is 0.00578. The van der Waals surface area contributed by atoms with Crippen LogP contribution in [0.15, 0.2) is 18.2 Å². The van der Waals surface area contributed by atoms with Crippen LogP contribution in [0.5, 0.6) is 11.5 Å². The molecule has 0 spiro atoms. The topological polar surface area (TPSA) is 58.9 Å². The van der Waals surface area contributed by atoms with Crippen LogP contribution in [-0.2, 0) is 9.31 Å². The summed E-state index contributed by atoms with van der Waals surface area (Å²) in [5, 5.41) is 19.5. The summed E-state index contributed by atoms with van der Waals surface area (Å²) < 4.78 is 11.5. The first-order chi connectivity index (χ1) is 7.74. The van der Waals surface area contributed by atoms with Crippen molar-refractivity contribution in [2.45, 2.75) is 38.9 Å². The van der Waals surface area contributed by atoms with Crippen molar-refractivity contribution in [1.82, 2.24) is 0 Å². The summed E-state index contributed by atoms with van der Waals surface area (Å²) in [6, 6.07) is 4.57. The molecule has 17 heavy (non-hydrogen) atoms. The van der Waals surface area contributed by atoms with Crippen LogP contribution in [0.4, 0.5) is 0 Å². The van der Waals surface area contributed by atoms with E-state index in [0.717, 1.165) is 0 Å². The fourth-order valence-corrected chi connectivity index (χ4v) is 1.74. The Labute approximate surface area is 101 Å². The first-order valence-corrected chi connectivity index (χ1v) is 5.61. The number of phenols is 2. The molecule has 0 aromatic heterocycles. The Kier molecular flexibility index (Phi) is 2.63. The smallest absolute Gasteiger partial charge is 0.502 e. The molecule has 0 atom stereocenters. The summed E-state index contributed by atoms with van der Waals surface area (Å²) >= 11 is 0. The van der Waals surface area contributed by atoms with Gasteiger partial charge in [-0.05, 0) is 39.8 Å². The summed E-state index contributed by atoms with van der Waals surface area (Å²) in [7, 11) is -0.749. The molecule has 0 amide bonds. The molecule has 1 aliphatic rings. The Hall–Kier alpha value is -1.20. The van der Waals surface area contributed by atoms with E-state index >= 15 is 0 Å². The fraction of sp³-hybridized carbons (Fsp3) is 0.500. The Morgan fingerprint density at radius 2 is 1.35 bits per heavy atom. The molecule has 2 N–H and O–H groups in total. The molecule has 92 valence electrons. The lowest BCUT2D eigenvalue weighted by atomic mass is 9.77. The summed E-state index contributed by atoms with van der Waals surface area (Å²) in [5.74, 6) is -0.0491. The quantitative estimate of drug-likeness (QED) is 0.723. The van der Waals surface area contributed by atoms with Crippen molar-refractivity contribution in [1.29, 1.82) is 0 Å². The predicted molar refractivity (Wildman–Crippen MR) is 65.5 cm³/mol. The molecule has 5 heteroatoms. The van der Waals surface area contributed by atoms with Crippen LogP contribution in [0, 0.1) is 0 Å². The number of hydrogen-bond acceptors (Lipinski definition) is 4. The van der Waals surface area contributed by atoms with Gasteiger partial charge in [0.1, 0.15) is 11.5 Å². The molecular formula is C12H17BO4. The zero-order valence-corrected chi connectivity index (χ0v) is 10.5. The normalized spacial score (nSPS) is 21.8. The monoisotopic (exact) mass is 236 g/mol. The second kappa shape index (κ2) is 3.65. The molecule has 0 radical (unpaired) electrons. The maximum absolute atomic E-state index is 9.77. The van der Waals surface area contributed by atoms with Crippen LogP contribution < -0.4 is 5.46 Å². The van der Waals surface area contributed by atoms with Gasteiger partial charge in [-0.15, -0.1) is 0 Å². The van der Waals surface area contributed by atoms with Crippen LogP contribution in [-0.4, -0.2) is 28.5 Å². The predicted octanol–water partition coefficient (Wildman–Crippen LogP) is 1.40. The van der Waals surface area contributed by atoms with Gasteiger partial charge < -0.3 is 19.5 Å². The first-order valence-electron chi connectivity index (χ1n) is 5.61. The minimum Gasteiger partial charge on any atom is -0.508 e. The van der Waals surface area contributed by atoms with Crippen molar-refractivity contribution < 1.29 is 19.5 Å². The van der Waals surface area contributed by atoms with Crippen molar-refractivity contribution in [2.24, 2.45) is 0 Å². The summed E-state index contributed by atoms with van der Waals surface area (Å²) in [6.45, 7) is 7.68. The molecule has 1 fully saturated rings. The van der Waals surface area contributed by atoms with Gasteiger partial charge in [0, 0.05) is 0 Å². The van der Waals surface area contributed by atoms with E-state index in [4.69, 9.17) is 9.31 Å². The van der Waals surface area contributed by atoms with E-state index in [1.807, 2.05) is 27.7 Å². The molecule has 0 aliphatic carbocycles. The van der Waals surface area contributed by atoms with E-state index in [0.29, 0.717) is 0 Å². The van der Waals surface area contributed by atoms with Crippen molar-refractivity contribution in [2.75, 3.05) is 0 Å². The molecule has 0 unspecified atom stereocenters. The third-order valence-electron chi connectivity index (χ3n) is 3.55. The highest BCUT2D eigenvalue weighted by Crippen LogP contribution is 2.37. The largest absolute Gasteiger partial charge is 0.508 e. The van der Waals surface area contributed by atoms with E-state index < -0.39 is 18.3 Å². The average molecular weight is 236 g/mol. The minimum absolute atomic E-state index is 0.0245. The van der Waals surface area contributed by atoms with Crippen molar-refractivity contribution in [3.63, 3.8) is 0 Å². The van der Waals surface area contributed by atoms with Crippen molar-refractivity contribution in [3.8, 4) is 11.5 Å². The van der Waals surface area contributed by atoms with Gasteiger partial charge in [0.2, 0.25) is 0 Å². The van der Waals surface area contributed by atoms with Gasteiger partial charge >= 0.3 is 7.12 Å². The first kappa shape index (κ1) is 12.3. The summed E-state index contributed by atoms with van der Waals surface area (Å²) in [4.78, 5) is 0. The highest BCUT2D eigenvalue weighted by Gasteiger charge is 2.53. The fourth-order valence-electron chi connectivity index (χ4n) is 1.74. The van der Waals surface area contributed by atoms with Gasteiger partial charge in [-0.25, -0.2) is 0 Å². The molecule has 1 aromatic carbocycles. The number of aromatic hydroxyl groups is 2. The Morgan fingerprint density at radius 3 is 1.76 bits per heavy atom. The van der Waals surface area contributed by atoms with Crippen molar-refractivity contribution in [3.05, 3.63) is 18.2 Å². The molecule has 1 aromatic rings. The molecule has 2 rings (SSSR count). The maximum Gasteiger partial charge on any atom is 0.502 e. The maximum atomic E-state index is 9.77. The lowest BCUT2D eigenvalue weighted by Gasteiger charge is -2.32. The Bertz CT molecular complexity index is 406. The molecular weight excluding hydrogens is 219 g/mol. The van der Waals surface area contributed by atoms with E-state index in [2.05, 4.69) is 0 Å². The van der Waals surface area contributed by atoms with E-state index in [1.165, 1.54) is 12.1 Å². The minimum atomic E-state index is -0.749. The van der Waals surface area contributed by atoms with Crippen molar-refractivity contribution >= 4 is 12.6 Å². The molecule has 1 saturated heterocycles. The van der Waals surface area contributed by atoms with E-state index in [1.54, 1.807) is 6.07 Å². The molecule has 1 aliphatic heterocycles. The third kappa shape index (κ3) is 1.89. The van der Waals surface area contributed by atoms with E-state index in [9.17, 15) is 10.2 Å². The van der Waals surface area contributed by atoms with Crippen LogP contribution >= 0.6 is 0 Å². The zero-order chi connectivity index (χ0) is 12.8. The molecule has 0 saturated carbocycles. The van der Waals surface area contributed by atoms with Gasteiger partial charge in [-0.2, -0.15) is 0 Å². The van der Waals surface area contributed by atoms with Crippen LogP contribution in [0.3, 0.4) is 0 Å². The highest BCUT2D eigenvalue weighted by molar-refractivity contribution is 6.64. The third-order valence-corrected chi connectivity index (χ3v) is 3.55. The molecule has 1 heterocycles.